The van der Waals surface area contributed by atoms with Crippen molar-refractivity contribution in [1.29, 1.82) is 0 Å². The van der Waals surface area contributed by atoms with Crippen molar-refractivity contribution in [3.8, 4) is 17.2 Å². The van der Waals surface area contributed by atoms with E-state index in [1.54, 1.807) is 18.2 Å². The molecule has 0 heterocycles. The molecule has 0 saturated carbocycles. The van der Waals surface area contributed by atoms with E-state index in [0.29, 0.717) is 28.8 Å². The molecule has 0 unspecified atom stereocenters. The van der Waals surface area contributed by atoms with Gasteiger partial charge in [-0.3, -0.25) is 0 Å². The largest absolute Gasteiger partial charge is 0.493 e. The van der Waals surface area contributed by atoms with Crippen LogP contribution in [0.1, 0.15) is 39.6 Å². The molecule has 1 aliphatic carbocycles. The van der Waals surface area contributed by atoms with Crippen LogP contribution in [-0.4, -0.2) is 35.9 Å². The summed E-state index contributed by atoms with van der Waals surface area (Å²) in [5.74, 6) is 0.413. The predicted octanol–water partition coefficient (Wildman–Crippen LogP) is 5.44. The van der Waals surface area contributed by atoms with Gasteiger partial charge in [0, 0.05) is 17.6 Å². The first-order chi connectivity index (χ1) is 15.9. The Kier molecular flexibility index (Phi) is 8.80. The SMILES string of the molecule is COc1ccc(C(=O)O)cc1Oc1ccc2c(c1)C[C@@H](NC[C@H](O)c1cccc(Cl)c1)CC2.Cl. The van der Waals surface area contributed by atoms with Crippen molar-refractivity contribution in [3.05, 3.63) is 87.9 Å². The Hall–Kier alpha value is -2.77. The van der Waals surface area contributed by atoms with Crippen LogP contribution in [0.4, 0.5) is 0 Å². The number of ether oxygens (including phenoxy) is 2. The van der Waals surface area contributed by atoms with Crippen LogP contribution in [-0.2, 0) is 12.8 Å². The number of halogens is 2. The maximum absolute atomic E-state index is 11.3. The summed E-state index contributed by atoms with van der Waals surface area (Å²) >= 11 is 6.03. The van der Waals surface area contributed by atoms with E-state index in [4.69, 9.17) is 21.1 Å². The lowest BCUT2D eigenvalue weighted by Crippen LogP contribution is -2.37. The summed E-state index contributed by atoms with van der Waals surface area (Å²) < 4.78 is 11.3. The maximum atomic E-state index is 11.3. The number of benzene rings is 3. The molecule has 4 rings (SSSR count). The molecule has 0 aromatic heterocycles. The van der Waals surface area contributed by atoms with Crippen LogP contribution in [0.2, 0.25) is 5.02 Å². The first-order valence-electron chi connectivity index (χ1n) is 10.8. The Labute approximate surface area is 209 Å². The number of aryl methyl sites for hydroxylation is 1. The zero-order valence-electron chi connectivity index (χ0n) is 18.7. The number of rotatable bonds is 8. The second-order valence-electron chi connectivity index (χ2n) is 8.12. The van der Waals surface area contributed by atoms with Gasteiger partial charge in [-0.1, -0.05) is 29.8 Å². The van der Waals surface area contributed by atoms with Gasteiger partial charge in [0.15, 0.2) is 11.5 Å². The number of carboxylic acids is 1. The number of methoxy groups -OCH3 is 1. The van der Waals surface area contributed by atoms with Crippen molar-refractivity contribution in [1.82, 2.24) is 5.32 Å². The first kappa shape index (κ1) is 25.8. The number of aliphatic hydroxyl groups excluding tert-OH is 1. The third-order valence-electron chi connectivity index (χ3n) is 5.88. The number of hydrogen-bond donors (Lipinski definition) is 3. The van der Waals surface area contributed by atoms with Crippen molar-refractivity contribution in [2.24, 2.45) is 0 Å². The van der Waals surface area contributed by atoms with Gasteiger partial charge in [0.2, 0.25) is 0 Å². The summed E-state index contributed by atoms with van der Waals surface area (Å²) in [6, 6.07) is 18.0. The lowest BCUT2D eigenvalue weighted by molar-refractivity contribution is 0.0696. The molecule has 3 N–H and O–H groups in total. The average molecular weight is 504 g/mol. The molecule has 0 radical (unpaired) electrons. The van der Waals surface area contributed by atoms with Gasteiger partial charge >= 0.3 is 5.97 Å². The Bertz CT molecular complexity index is 1150. The molecule has 0 amide bonds. The molecular formula is C26H27Cl2NO5. The quantitative estimate of drug-likeness (QED) is 0.379. The van der Waals surface area contributed by atoms with Gasteiger partial charge in [-0.2, -0.15) is 0 Å². The minimum atomic E-state index is -1.03. The molecular weight excluding hydrogens is 477 g/mol. The van der Waals surface area contributed by atoms with Crippen LogP contribution >= 0.6 is 24.0 Å². The molecule has 0 fully saturated rings. The molecule has 0 aliphatic heterocycles. The zero-order valence-corrected chi connectivity index (χ0v) is 20.2. The summed E-state index contributed by atoms with van der Waals surface area (Å²) in [7, 11) is 1.52. The van der Waals surface area contributed by atoms with Crippen LogP contribution < -0.4 is 14.8 Å². The Morgan fingerprint density at radius 1 is 1.12 bits per heavy atom. The summed E-state index contributed by atoms with van der Waals surface area (Å²) in [5, 5.41) is 23.8. The fraction of sp³-hybridized carbons (Fsp3) is 0.269. The summed E-state index contributed by atoms with van der Waals surface area (Å²) in [6.07, 6.45) is 2.08. The molecule has 1 aliphatic rings. The van der Waals surface area contributed by atoms with Gasteiger partial charge in [0.1, 0.15) is 5.75 Å². The third-order valence-corrected chi connectivity index (χ3v) is 6.11. The van der Waals surface area contributed by atoms with Crippen molar-refractivity contribution in [3.63, 3.8) is 0 Å². The van der Waals surface area contributed by atoms with Crippen molar-refractivity contribution < 1.29 is 24.5 Å². The topological polar surface area (TPSA) is 88.0 Å². The molecule has 2 atom stereocenters. The Balaban J connectivity index is 0.00000324. The third kappa shape index (κ3) is 6.21. The molecule has 3 aromatic carbocycles. The Morgan fingerprint density at radius 2 is 1.94 bits per heavy atom. The van der Waals surface area contributed by atoms with Gasteiger partial charge in [-0.15, -0.1) is 12.4 Å². The lowest BCUT2D eigenvalue weighted by Gasteiger charge is -2.27. The van der Waals surface area contributed by atoms with Gasteiger partial charge in [-0.25, -0.2) is 4.79 Å². The predicted molar refractivity (Wildman–Crippen MR) is 134 cm³/mol. The number of nitrogens with one attached hydrogen (secondary N) is 1. The summed E-state index contributed by atoms with van der Waals surface area (Å²) in [5.41, 5.74) is 3.36. The number of hydrogen-bond acceptors (Lipinski definition) is 5. The molecule has 0 spiro atoms. The van der Waals surface area contributed by atoms with E-state index in [1.165, 1.54) is 30.4 Å². The number of carbonyl (C=O) groups is 1. The molecule has 180 valence electrons. The molecule has 6 nitrogen and oxygen atoms in total. The lowest BCUT2D eigenvalue weighted by atomic mass is 9.88. The van der Waals surface area contributed by atoms with Gasteiger partial charge in [-0.05, 0) is 78.4 Å². The fourth-order valence-corrected chi connectivity index (χ4v) is 4.30. The van der Waals surface area contributed by atoms with E-state index in [9.17, 15) is 15.0 Å². The zero-order chi connectivity index (χ0) is 23.4. The van der Waals surface area contributed by atoms with Gasteiger partial charge in [0.05, 0.1) is 18.8 Å². The Morgan fingerprint density at radius 3 is 2.68 bits per heavy atom. The normalized spacial score (nSPS) is 15.6. The van der Waals surface area contributed by atoms with E-state index < -0.39 is 12.1 Å². The highest BCUT2D eigenvalue weighted by Gasteiger charge is 2.21. The monoisotopic (exact) mass is 503 g/mol. The number of fused-ring (bicyclic) bond motifs is 1. The van der Waals surface area contributed by atoms with Crippen LogP contribution in [0.5, 0.6) is 17.2 Å². The summed E-state index contributed by atoms with van der Waals surface area (Å²) in [4.78, 5) is 11.3. The summed E-state index contributed by atoms with van der Waals surface area (Å²) in [6.45, 7) is 0.440. The van der Waals surface area contributed by atoms with E-state index in [2.05, 4.69) is 11.4 Å². The molecule has 8 heteroatoms. The maximum Gasteiger partial charge on any atom is 0.335 e. The van der Waals surface area contributed by atoms with Crippen molar-refractivity contribution in [2.75, 3.05) is 13.7 Å². The highest BCUT2D eigenvalue weighted by atomic mass is 35.5. The molecule has 3 aromatic rings. The van der Waals surface area contributed by atoms with Crippen molar-refractivity contribution in [2.45, 2.75) is 31.4 Å². The second kappa shape index (κ2) is 11.6. The minimum absolute atomic E-state index is 0. The second-order valence-corrected chi connectivity index (χ2v) is 8.56. The fourth-order valence-electron chi connectivity index (χ4n) is 4.10. The number of carboxylic acid groups (broad SMARTS) is 1. The first-order valence-corrected chi connectivity index (χ1v) is 11.2. The van der Waals surface area contributed by atoms with E-state index >= 15 is 0 Å². The van der Waals surface area contributed by atoms with E-state index in [-0.39, 0.29) is 24.0 Å². The average Bonchev–Trinajstić information content (AvgIpc) is 2.82. The smallest absolute Gasteiger partial charge is 0.335 e. The van der Waals surface area contributed by atoms with Crippen LogP contribution in [0.15, 0.2) is 60.7 Å². The molecule has 0 bridgehead atoms. The van der Waals surface area contributed by atoms with E-state index in [0.717, 1.165) is 24.8 Å². The molecule has 34 heavy (non-hydrogen) atoms. The van der Waals surface area contributed by atoms with Gasteiger partial charge in [0.25, 0.3) is 0 Å². The van der Waals surface area contributed by atoms with Crippen LogP contribution in [0.3, 0.4) is 0 Å². The van der Waals surface area contributed by atoms with E-state index in [1.807, 2.05) is 24.3 Å². The minimum Gasteiger partial charge on any atom is -0.493 e. The standard InChI is InChI=1S/C26H26ClNO5.ClH/c1-32-24-10-7-18(26(30)31)14-25(24)33-22-9-6-16-5-8-21(12-19(16)13-22)28-15-23(29)17-3-2-4-20(27)11-17;/h2-4,6-7,9-11,13-14,21,23,28-29H,5,8,12,15H2,1H3,(H,30,31);1H/t21-,23-;/m0./s1. The van der Waals surface area contributed by atoms with Gasteiger partial charge < -0.3 is 25.0 Å². The van der Waals surface area contributed by atoms with Crippen LogP contribution in [0.25, 0.3) is 0 Å². The number of aliphatic hydroxyl groups is 1. The highest BCUT2D eigenvalue weighted by molar-refractivity contribution is 6.30. The van der Waals surface area contributed by atoms with Crippen molar-refractivity contribution >= 4 is 30.0 Å². The number of aromatic carboxylic acids is 1. The highest BCUT2D eigenvalue weighted by Crippen LogP contribution is 2.34. The molecule has 0 saturated heterocycles. The van der Waals surface area contributed by atoms with Crippen LogP contribution in [0, 0.1) is 0 Å².